The van der Waals surface area contributed by atoms with Crippen LogP contribution in [0.2, 0.25) is 0 Å². The Kier molecular flexibility index (Phi) is 5.65. The highest BCUT2D eigenvalue weighted by molar-refractivity contribution is 4.98. The van der Waals surface area contributed by atoms with Gasteiger partial charge in [0.25, 0.3) is 0 Å². The first-order valence-electron chi connectivity index (χ1n) is 6.27. The number of aryl methyl sites for hydroxylation is 1. The lowest BCUT2D eigenvalue weighted by Gasteiger charge is -2.20. The Balaban J connectivity index is 2.37. The summed E-state index contributed by atoms with van der Waals surface area (Å²) in [6.45, 7) is 8.22. The van der Waals surface area contributed by atoms with Crippen LogP contribution in [0.3, 0.4) is 0 Å². The maximum absolute atomic E-state index is 5.68. The molecule has 98 valence electrons. The van der Waals surface area contributed by atoms with E-state index in [1.54, 1.807) is 7.11 Å². The summed E-state index contributed by atoms with van der Waals surface area (Å²) in [6, 6.07) is 0. The molecule has 0 bridgehead atoms. The zero-order valence-corrected chi connectivity index (χ0v) is 11.4. The van der Waals surface area contributed by atoms with Crippen molar-refractivity contribution in [1.29, 1.82) is 0 Å². The van der Waals surface area contributed by atoms with E-state index in [9.17, 15) is 0 Å². The Morgan fingerprint density at radius 3 is 2.88 bits per heavy atom. The molecule has 0 spiro atoms. The van der Waals surface area contributed by atoms with Gasteiger partial charge in [0.15, 0.2) is 5.89 Å². The Morgan fingerprint density at radius 1 is 1.47 bits per heavy atom. The molecule has 0 radical (unpaired) electrons. The normalized spacial score (nSPS) is 12.0. The highest BCUT2D eigenvalue weighted by Gasteiger charge is 2.19. The number of rotatable bonds is 8. The number of nitrogens with one attached hydrogen (secondary N) is 1. The Labute approximate surface area is 104 Å². The van der Waals surface area contributed by atoms with Crippen LogP contribution >= 0.6 is 0 Å². The summed E-state index contributed by atoms with van der Waals surface area (Å²) in [5.74, 6) is 1.72. The number of nitrogens with zero attached hydrogens (tertiary/aromatic N) is 1. The van der Waals surface area contributed by atoms with Crippen molar-refractivity contribution >= 4 is 0 Å². The van der Waals surface area contributed by atoms with Gasteiger partial charge in [-0.3, -0.25) is 0 Å². The standard InChI is InChI=1S/C13H24N2O2/c1-5-14-8-6-7-12-15-10-11(17-12)9-13(2,3)16-4/h10,14H,5-9H2,1-4H3. The molecule has 4 heteroatoms. The molecule has 0 saturated carbocycles. The summed E-state index contributed by atoms with van der Waals surface area (Å²) < 4.78 is 11.0. The van der Waals surface area contributed by atoms with Crippen molar-refractivity contribution in [2.24, 2.45) is 0 Å². The number of hydrogen-bond donors (Lipinski definition) is 1. The minimum Gasteiger partial charge on any atom is -0.446 e. The zero-order chi connectivity index (χ0) is 12.7. The van der Waals surface area contributed by atoms with Gasteiger partial charge in [0, 0.05) is 20.0 Å². The summed E-state index contributed by atoms with van der Waals surface area (Å²) >= 11 is 0. The molecule has 1 aromatic rings. The molecular formula is C13H24N2O2. The molecule has 0 fully saturated rings. The minimum atomic E-state index is -0.194. The summed E-state index contributed by atoms with van der Waals surface area (Å²) in [5.41, 5.74) is -0.194. The van der Waals surface area contributed by atoms with E-state index in [-0.39, 0.29) is 5.60 Å². The second-order valence-electron chi connectivity index (χ2n) is 4.82. The second kappa shape index (κ2) is 6.77. The third kappa shape index (κ3) is 5.33. The van der Waals surface area contributed by atoms with Gasteiger partial charge in [-0.15, -0.1) is 0 Å². The van der Waals surface area contributed by atoms with E-state index in [1.807, 2.05) is 20.0 Å². The lowest BCUT2D eigenvalue weighted by molar-refractivity contribution is 0.0190. The lowest BCUT2D eigenvalue weighted by atomic mass is 10.0. The minimum absolute atomic E-state index is 0.194. The van der Waals surface area contributed by atoms with Crippen LogP contribution in [-0.2, 0) is 17.6 Å². The molecule has 0 unspecified atom stereocenters. The van der Waals surface area contributed by atoms with Gasteiger partial charge in [0.2, 0.25) is 0 Å². The van der Waals surface area contributed by atoms with Crippen molar-refractivity contribution in [3.05, 3.63) is 17.8 Å². The van der Waals surface area contributed by atoms with Gasteiger partial charge in [-0.05, 0) is 33.4 Å². The highest BCUT2D eigenvalue weighted by atomic mass is 16.5. The van der Waals surface area contributed by atoms with Gasteiger partial charge in [-0.2, -0.15) is 0 Å². The monoisotopic (exact) mass is 240 g/mol. The molecule has 1 rings (SSSR count). The number of aromatic nitrogens is 1. The van der Waals surface area contributed by atoms with Crippen LogP contribution in [-0.4, -0.2) is 30.8 Å². The van der Waals surface area contributed by atoms with E-state index in [0.29, 0.717) is 0 Å². The fraction of sp³-hybridized carbons (Fsp3) is 0.769. The molecule has 0 aliphatic heterocycles. The van der Waals surface area contributed by atoms with Crippen LogP contribution in [0.1, 0.15) is 38.8 Å². The smallest absolute Gasteiger partial charge is 0.194 e. The summed E-state index contributed by atoms with van der Waals surface area (Å²) in [7, 11) is 1.72. The Bertz CT molecular complexity index is 321. The predicted molar refractivity (Wildman–Crippen MR) is 68.2 cm³/mol. The van der Waals surface area contributed by atoms with E-state index in [2.05, 4.69) is 17.2 Å². The molecule has 1 heterocycles. The van der Waals surface area contributed by atoms with Crippen molar-refractivity contribution in [3.8, 4) is 0 Å². The first-order chi connectivity index (χ1) is 8.07. The van der Waals surface area contributed by atoms with Crippen molar-refractivity contribution in [2.75, 3.05) is 20.2 Å². The number of methoxy groups -OCH3 is 1. The Hall–Kier alpha value is -0.870. The molecule has 0 aromatic carbocycles. The largest absolute Gasteiger partial charge is 0.446 e. The Morgan fingerprint density at radius 2 is 2.24 bits per heavy atom. The molecular weight excluding hydrogens is 216 g/mol. The maximum atomic E-state index is 5.68. The molecule has 4 nitrogen and oxygen atoms in total. The third-order valence-corrected chi connectivity index (χ3v) is 2.75. The molecule has 0 aliphatic carbocycles. The van der Waals surface area contributed by atoms with Gasteiger partial charge in [0.05, 0.1) is 11.8 Å². The van der Waals surface area contributed by atoms with Gasteiger partial charge < -0.3 is 14.5 Å². The fourth-order valence-electron chi connectivity index (χ4n) is 1.58. The van der Waals surface area contributed by atoms with E-state index < -0.39 is 0 Å². The topological polar surface area (TPSA) is 47.3 Å². The average Bonchev–Trinajstić information content (AvgIpc) is 2.71. The van der Waals surface area contributed by atoms with Crippen LogP contribution in [0.5, 0.6) is 0 Å². The lowest BCUT2D eigenvalue weighted by Crippen LogP contribution is -2.25. The van der Waals surface area contributed by atoms with Crippen LogP contribution in [0, 0.1) is 0 Å². The van der Waals surface area contributed by atoms with E-state index in [4.69, 9.17) is 9.15 Å². The van der Waals surface area contributed by atoms with E-state index in [0.717, 1.165) is 44.0 Å². The third-order valence-electron chi connectivity index (χ3n) is 2.75. The second-order valence-corrected chi connectivity index (χ2v) is 4.82. The quantitative estimate of drug-likeness (QED) is 0.708. The number of hydrogen-bond acceptors (Lipinski definition) is 4. The average molecular weight is 240 g/mol. The number of ether oxygens (including phenoxy) is 1. The summed E-state index contributed by atoms with van der Waals surface area (Å²) in [6.07, 6.45) is 4.51. The first-order valence-corrected chi connectivity index (χ1v) is 6.27. The molecule has 0 atom stereocenters. The van der Waals surface area contributed by atoms with Crippen molar-refractivity contribution in [1.82, 2.24) is 10.3 Å². The van der Waals surface area contributed by atoms with Crippen LogP contribution in [0.4, 0.5) is 0 Å². The maximum Gasteiger partial charge on any atom is 0.194 e. The van der Waals surface area contributed by atoms with Crippen LogP contribution < -0.4 is 5.32 Å². The van der Waals surface area contributed by atoms with Crippen molar-refractivity contribution in [3.63, 3.8) is 0 Å². The molecule has 0 amide bonds. The van der Waals surface area contributed by atoms with Gasteiger partial charge >= 0.3 is 0 Å². The van der Waals surface area contributed by atoms with Crippen LogP contribution in [0.25, 0.3) is 0 Å². The van der Waals surface area contributed by atoms with Crippen LogP contribution in [0.15, 0.2) is 10.6 Å². The number of oxazole rings is 1. The molecule has 1 aromatic heterocycles. The molecule has 0 aliphatic rings. The molecule has 1 N–H and O–H groups in total. The van der Waals surface area contributed by atoms with Gasteiger partial charge in [-0.25, -0.2) is 4.98 Å². The molecule has 17 heavy (non-hydrogen) atoms. The zero-order valence-electron chi connectivity index (χ0n) is 11.4. The van der Waals surface area contributed by atoms with E-state index >= 15 is 0 Å². The predicted octanol–water partition coefficient (Wildman–Crippen LogP) is 2.18. The van der Waals surface area contributed by atoms with E-state index in [1.165, 1.54) is 0 Å². The summed E-state index contributed by atoms with van der Waals surface area (Å²) in [4.78, 5) is 4.28. The SMILES string of the molecule is CCNCCCc1ncc(CC(C)(C)OC)o1. The van der Waals surface area contributed by atoms with Gasteiger partial charge in [0.1, 0.15) is 5.76 Å². The fourth-order valence-corrected chi connectivity index (χ4v) is 1.58. The first kappa shape index (κ1) is 14.2. The van der Waals surface area contributed by atoms with Crippen molar-refractivity contribution in [2.45, 2.75) is 45.6 Å². The van der Waals surface area contributed by atoms with Crippen molar-refractivity contribution < 1.29 is 9.15 Å². The molecule has 0 saturated heterocycles. The van der Waals surface area contributed by atoms with Gasteiger partial charge in [-0.1, -0.05) is 6.92 Å². The summed E-state index contributed by atoms with van der Waals surface area (Å²) in [5, 5.41) is 3.28. The highest BCUT2D eigenvalue weighted by Crippen LogP contribution is 2.17.